The van der Waals surface area contributed by atoms with Crippen molar-refractivity contribution < 1.29 is 4.74 Å². The summed E-state index contributed by atoms with van der Waals surface area (Å²) >= 11 is 5.82. The first-order valence-corrected chi connectivity index (χ1v) is 8.84. The van der Waals surface area contributed by atoms with E-state index in [2.05, 4.69) is 69.8 Å². The number of rotatable bonds is 6. The first kappa shape index (κ1) is 16.8. The molecule has 0 amide bonds. The molecule has 0 saturated carbocycles. The van der Waals surface area contributed by atoms with Gasteiger partial charge in [-0.15, -0.1) is 0 Å². The van der Waals surface area contributed by atoms with Crippen molar-refractivity contribution in [3.8, 4) is 11.5 Å². The van der Waals surface area contributed by atoms with E-state index in [0.717, 1.165) is 34.6 Å². The van der Waals surface area contributed by atoms with Gasteiger partial charge < -0.3 is 10.1 Å². The highest BCUT2D eigenvalue weighted by molar-refractivity contribution is 14.1. The predicted molar refractivity (Wildman–Crippen MR) is 99.9 cm³/mol. The summed E-state index contributed by atoms with van der Waals surface area (Å²) in [5, 5.41) is 3.46. The van der Waals surface area contributed by atoms with E-state index in [9.17, 15) is 0 Å². The lowest BCUT2D eigenvalue weighted by Gasteiger charge is -2.13. The highest BCUT2D eigenvalue weighted by Gasteiger charge is 2.07. The Labute approximate surface area is 148 Å². The molecule has 21 heavy (non-hydrogen) atoms. The van der Waals surface area contributed by atoms with E-state index in [4.69, 9.17) is 4.74 Å². The molecule has 0 aliphatic heterocycles. The fourth-order valence-electron chi connectivity index (χ4n) is 1.94. The van der Waals surface area contributed by atoms with Gasteiger partial charge in [0.25, 0.3) is 0 Å². The SMILES string of the molecule is CC(C)CNCc1cc(Br)ccc1Oc1cccc(I)c1. The second kappa shape index (κ2) is 8.15. The normalized spacial score (nSPS) is 10.9. The van der Waals surface area contributed by atoms with Crippen molar-refractivity contribution in [1.82, 2.24) is 5.32 Å². The molecule has 0 radical (unpaired) electrons. The lowest BCUT2D eigenvalue weighted by molar-refractivity contribution is 0.468. The van der Waals surface area contributed by atoms with Crippen molar-refractivity contribution in [2.45, 2.75) is 20.4 Å². The van der Waals surface area contributed by atoms with E-state index in [0.29, 0.717) is 5.92 Å². The number of hydrogen-bond donors (Lipinski definition) is 1. The van der Waals surface area contributed by atoms with Gasteiger partial charge in [0.2, 0.25) is 0 Å². The lowest BCUT2D eigenvalue weighted by Crippen LogP contribution is -2.19. The molecule has 2 aromatic carbocycles. The molecule has 0 spiro atoms. The third kappa shape index (κ3) is 5.60. The molecule has 112 valence electrons. The molecule has 0 unspecified atom stereocenters. The first-order valence-electron chi connectivity index (χ1n) is 6.97. The van der Waals surface area contributed by atoms with Crippen LogP contribution in [0.15, 0.2) is 46.9 Å². The van der Waals surface area contributed by atoms with Crippen LogP contribution in [0.3, 0.4) is 0 Å². The second-order valence-electron chi connectivity index (χ2n) is 5.34. The van der Waals surface area contributed by atoms with Gasteiger partial charge in [-0.1, -0.05) is 35.8 Å². The third-order valence-electron chi connectivity index (χ3n) is 2.91. The zero-order valence-corrected chi connectivity index (χ0v) is 15.9. The van der Waals surface area contributed by atoms with Gasteiger partial charge in [-0.05, 0) is 71.5 Å². The third-order valence-corrected chi connectivity index (χ3v) is 4.08. The van der Waals surface area contributed by atoms with Crippen LogP contribution in [0.4, 0.5) is 0 Å². The number of nitrogens with one attached hydrogen (secondary N) is 1. The van der Waals surface area contributed by atoms with Crippen molar-refractivity contribution in [2.24, 2.45) is 5.92 Å². The average molecular weight is 460 g/mol. The molecule has 2 nitrogen and oxygen atoms in total. The maximum Gasteiger partial charge on any atom is 0.131 e. The van der Waals surface area contributed by atoms with E-state index >= 15 is 0 Å². The van der Waals surface area contributed by atoms with Crippen molar-refractivity contribution in [1.29, 1.82) is 0 Å². The Morgan fingerprint density at radius 1 is 1.19 bits per heavy atom. The van der Waals surface area contributed by atoms with Gasteiger partial charge in [0.1, 0.15) is 11.5 Å². The van der Waals surface area contributed by atoms with Crippen molar-refractivity contribution in [2.75, 3.05) is 6.54 Å². The molecule has 0 atom stereocenters. The van der Waals surface area contributed by atoms with Gasteiger partial charge in [0, 0.05) is 20.2 Å². The molecule has 0 saturated heterocycles. The van der Waals surface area contributed by atoms with Crippen LogP contribution in [0, 0.1) is 9.49 Å². The molecular weight excluding hydrogens is 441 g/mol. The summed E-state index contributed by atoms with van der Waals surface area (Å²) in [6, 6.07) is 14.2. The van der Waals surface area contributed by atoms with Gasteiger partial charge in [-0.3, -0.25) is 0 Å². The molecule has 2 rings (SSSR count). The van der Waals surface area contributed by atoms with Gasteiger partial charge in [-0.25, -0.2) is 0 Å². The molecule has 0 aromatic heterocycles. The Morgan fingerprint density at radius 3 is 2.71 bits per heavy atom. The van der Waals surface area contributed by atoms with Crippen molar-refractivity contribution >= 4 is 38.5 Å². The highest BCUT2D eigenvalue weighted by atomic mass is 127. The first-order chi connectivity index (χ1) is 10.0. The Kier molecular flexibility index (Phi) is 6.51. The topological polar surface area (TPSA) is 21.3 Å². The fourth-order valence-corrected chi connectivity index (χ4v) is 2.86. The number of hydrogen-bond acceptors (Lipinski definition) is 2. The van der Waals surface area contributed by atoms with E-state index in [1.807, 2.05) is 30.3 Å². The van der Waals surface area contributed by atoms with Crippen molar-refractivity contribution in [3.63, 3.8) is 0 Å². The Morgan fingerprint density at radius 2 is 2.00 bits per heavy atom. The van der Waals surface area contributed by atoms with Crippen molar-refractivity contribution in [3.05, 3.63) is 56.1 Å². The zero-order chi connectivity index (χ0) is 15.2. The largest absolute Gasteiger partial charge is 0.457 e. The van der Waals surface area contributed by atoms with Crippen LogP contribution < -0.4 is 10.1 Å². The molecular formula is C17H19BrINO. The van der Waals surface area contributed by atoms with Crippen LogP contribution in [0.1, 0.15) is 19.4 Å². The van der Waals surface area contributed by atoms with Crippen LogP contribution in [0.2, 0.25) is 0 Å². The zero-order valence-electron chi connectivity index (χ0n) is 12.2. The summed E-state index contributed by atoms with van der Waals surface area (Å²) < 4.78 is 8.27. The summed E-state index contributed by atoms with van der Waals surface area (Å²) in [5.74, 6) is 2.41. The van der Waals surface area contributed by atoms with Crippen LogP contribution in [-0.4, -0.2) is 6.54 Å². The van der Waals surface area contributed by atoms with Crippen LogP contribution >= 0.6 is 38.5 Å². The Hall–Kier alpha value is -0.590. The van der Waals surface area contributed by atoms with Gasteiger partial charge in [0.15, 0.2) is 0 Å². The van der Waals surface area contributed by atoms with E-state index in [-0.39, 0.29) is 0 Å². The van der Waals surface area contributed by atoms with E-state index in [1.165, 1.54) is 3.57 Å². The van der Waals surface area contributed by atoms with Crippen LogP contribution in [0.25, 0.3) is 0 Å². The minimum atomic E-state index is 0.636. The summed E-state index contributed by atoms with van der Waals surface area (Å²) in [4.78, 5) is 0. The maximum absolute atomic E-state index is 6.04. The summed E-state index contributed by atoms with van der Waals surface area (Å²) in [6.45, 7) is 6.21. The maximum atomic E-state index is 6.04. The predicted octanol–water partition coefficient (Wildman–Crippen LogP) is 5.59. The monoisotopic (exact) mass is 459 g/mol. The van der Waals surface area contributed by atoms with Gasteiger partial charge >= 0.3 is 0 Å². The summed E-state index contributed by atoms with van der Waals surface area (Å²) in [6.07, 6.45) is 0. The fraction of sp³-hybridized carbons (Fsp3) is 0.294. The lowest BCUT2D eigenvalue weighted by atomic mass is 10.2. The molecule has 0 heterocycles. The highest BCUT2D eigenvalue weighted by Crippen LogP contribution is 2.28. The summed E-state index contributed by atoms with van der Waals surface area (Å²) in [5.41, 5.74) is 1.16. The smallest absolute Gasteiger partial charge is 0.131 e. The van der Waals surface area contributed by atoms with Crippen LogP contribution in [0.5, 0.6) is 11.5 Å². The molecule has 2 aromatic rings. The minimum absolute atomic E-state index is 0.636. The summed E-state index contributed by atoms with van der Waals surface area (Å²) in [7, 11) is 0. The standard InChI is InChI=1S/C17H19BrINO/c1-12(2)10-20-11-13-8-14(18)6-7-17(13)21-16-5-3-4-15(19)9-16/h3-9,12,20H,10-11H2,1-2H3. The van der Waals surface area contributed by atoms with Gasteiger partial charge in [-0.2, -0.15) is 0 Å². The molecule has 0 bridgehead atoms. The molecule has 0 aliphatic carbocycles. The molecule has 4 heteroatoms. The second-order valence-corrected chi connectivity index (χ2v) is 7.50. The molecule has 0 aliphatic rings. The van der Waals surface area contributed by atoms with Crippen LogP contribution in [-0.2, 0) is 6.54 Å². The van der Waals surface area contributed by atoms with E-state index in [1.54, 1.807) is 0 Å². The Bertz CT molecular complexity index is 601. The molecule has 0 fully saturated rings. The number of halogens is 2. The number of benzene rings is 2. The molecule has 1 N–H and O–H groups in total. The van der Waals surface area contributed by atoms with Gasteiger partial charge in [0.05, 0.1) is 0 Å². The van der Waals surface area contributed by atoms with E-state index < -0.39 is 0 Å². The quantitative estimate of drug-likeness (QED) is 0.568. The Balaban J connectivity index is 2.14. The minimum Gasteiger partial charge on any atom is -0.457 e. The average Bonchev–Trinajstić information content (AvgIpc) is 2.41. The number of ether oxygens (including phenoxy) is 1.